The molecule has 0 fully saturated rings. The number of allylic oxidation sites excluding steroid dienone is 1. The number of phenolic OH excluding ortho intramolecular Hbond substituents is 1. The lowest BCUT2D eigenvalue weighted by Crippen LogP contribution is -1.87. The van der Waals surface area contributed by atoms with Crippen LogP contribution in [-0.4, -0.2) is 5.11 Å². The van der Waals surface area contributed by atoms with E-state index in [0.29, 0.717) is 11.6 Å². The van der Waals surface area contributed by atoms with Crippen LogP contribution in [0.1, 0.15) is 12.5 Å². The van der Waals surface area contributed by atoms with E-state index in [1.807, 2.05) is 0 Å². The Morgan fingerprint density at radius 3 is 2.50 bits per heavy atom. The molecule has 0 saturated carbocycles. The van der Waals surface area contributed by atoms with Crippen molar-refractivity contribution in [1.29, 1.82) is 0 Å². The molecule has 0 aromatic heterocycles. The van der Waals surface area contributed by atoms with Crippen molar-refractivity contribution in [3.05, 3.63) is 35.9 Å². The molecule has 1 rings (SSSR count). The minimum absolute atomic E-state index is 0.104. The van der Waals surface area contributed by atoms with Crippen LogP contribution in [0.4, 0.5) is 8.78 Å². The predicted octanol–water partition coefficient (Wildman–Crippen LogP) is 2.70. The molecule has 1 N–H and O–H groups in total. The van der Waals surface area contributed by atoms with Crippen molar-refractivity contribution in [2.75, 3.05) is 0 Å². The van der Waals surface area contributed by atoms with Crippen molar-refractivity contribution in [3.63, 3.8) is 0 Å². The Balaban J connectivity index is 3.37. The Kier molecular flexibility index (Phi) is 2.13. The summed E-state index contributed by atoms with van der Waals surface area (Å²) in [4.78, 5) is 0. The van der Waals surface area contributed by atoms with Gasteiger partial charge in [0, 0.05) is 11.6 Å². The Morgan fingerprint density at radius 1 is 1.42 bits per heavy atom. The second-order valence-corrected chi connectivity index (χ2v) is 2.56. The van der Waals surface area contributed by atoms with Gasteiger partial charge in [-0.2, -0.15) is 0 Å². The van der Waals surface area contributed by atoms with Crippen molar-refractivity contribution < 1.29 is 13.9 Å². The maximum absolute atomic E-state index is 12.7. The highest BCUT2D eigenvalue weighted by Crippen LogP contribution is 2.27. The van der Waals surface area contributed by atoms with Crippen molar-refractivity contribution in [3.8, 4) is 5.75 Å². The molecule has 0 amide bonds. The smallest absolute Gasteiger partial charge is 0.168 e. The third-order valence-corrected chi connectivity index (χ3v) is 1.49. The molecule has 1 aromatic carbocycles. The summed E-state index contributed by atoms with van der Waals surface area (Å²) in [6, 6.07) is 1.67. The zero-order valence-corrected chi connectivity index (χ0v) is 6.56. The van der Waals surface area contributed by atoms with Gasteiger partial charge in [0.25, 0.3) is 0 Å². The number of rotatable bonds is 1. The average molecular weight is 170 g/mol. The van der Waals surface area contributed by atoms with E-state index in [0.717, 1.165) is 6.07 Å². The highest BCUT2D eigenvalue weighted by Gasteiger charge is 2.09. The maximum Gasteiger partial charge on any atom is 0.168 e. The molecule has 0 unspecified atom stereocenters. The largest absolute Gasteiger partial charge is 0.504 e. The molecule has 0 atom stereocenters. The summed E-state index contributed by atoms with van der Waals surface area (Å²) in [7, 11) is 0. The van der Waals surface area contributed by atoms with Crippen LogP contribution < -0.4 is 0 Å². The molecule has 0 radical (unpaired) electrons. The molecule has 12 heavy (non-hydrogen) atoms. The van der Waals surface area contributed by atoms with Crippen LogP contribution in [0.25, 0.3) is 5.57 Å². The Bertz CT molecular complexity index is 332. The summed E-state index contributed by atoms with van der Waals surface area (Å²) in [6.07, 6.45) is 0. The van der Waals surface area contributed by atoms with E-state index in [9.17, 15) is 8.78 Å². The van der Waals surface area contributed by atoms with Gasteiger partial charge in [0.05, 0.1) is 0 Å². The highest BCUT2D eigenvalue weighted by molar-refractivity contribution is 5.66. The van der Waals surface area contributed by atoms with Gasteiger partial charge in [0.2, 0.25) is 0 Å². The molecule has 0 bridgehead atoms. The fourth-order valence-electron chi connectivity index (χ4n) is 0.891. The number of benzene rings is 1. The van der Waals surface area contributed by atoms with Gasteiger partial charge < -0.3 is 5.11 Å². The lowest BCUT2D eigenvalue weighted by Gasteiger charge is -2.04. The summed E-state index contributed by atoms with van der Waals surface area (Å²) >= 11 is 0. The number of hydrogen-bond acceptors (Lipinski definition) is 1. The van der Waals surface area contributed by atoms with Crippen molar-refractivity contribution >= 4 is 5.57 Å². The Hall–Kier alpha value is -1.38. The molecule has 0 heterocycles. The summed E-state index contributed by atoms with van der Waals surface area (Å²) in [5, 5.41) is 9.09. The number of phenols is 1. The van der Waals surface area contributed by atoms with Crippen molar-refractivity contribution in [2.45, 2.75) is 6.92 Å². The lowest BCUT2D eigenvalue weighted by atomic mass is 10.1. The average Bonchev–Trinajstić information content (AvgIpc) is 1.96. The molecule has 3 heteroatoms. The highest BCUT2D eigenvalue weighted by atomic mass is 19.1. The fraction of sp³-hybridized carbons (Fsp3) is 0.111. The maximum atomic E-state index is 12.7. The van der Waals surface area contributed by atoms with Gasteiger partial charge in [0.15, 0.2) is 11.6 Å². The lowest BCUT2D eigenvalue weighted by molar-refractivity contribution is 0.426. The number of hydrogen-bond donors (Lipinski definition) is 1. The standard InChI is InChI=1S/C9H8F2O/c1-5(2)7-3-6(10)4-8(11)9(7)12/h3-4,12H,1H2,2H3. The van der Waals surface area contributed by atoms with E-state index in [-0.39, 0.29) is 5.56 Å². The first kappa shape index (κ1) is 8.71. The molecular formula is C9H8F2O. The van der Waals surface area contributed by atoms with Crippen LogP contribution in [-0.2, 0) is 0 Å². The summed E-state index contributed by atoms with van der Waals surface area (Å²) in [5.74, 6) is -2.24. The summed E-state index contributed by atoms with van der Waals surface area (Å²) in [6.45, 7) is 5.04. The van der Waals surface area contributed by atoms with E-state index in [1.54, 1.807) is 6.92 Å². The second kappa shape index (κ2) is 2.93. The van der Waals surface area contributed by atoms with Crippen LogP contribution >= 0.6 is 0 Å². The summed E-state index contributed by atoms with van der Waals surface area (Å²) < 4.78 is 25.2. The first-order valence-electron chi connectivity index (χ1n) is 3.36. The van der Waals surface area contributed by atoms with Crippen LogP contribution in [0.3, 0.4) is 0 Å². The summed E-state index contributed by atoms with van der Waals surface area (Å²) in [5.41, 5.74) is 0.526. The SMILES string of the molecule is C=C(C)c1cc(F)cc(F)c1O. The van der Waals surface area contributed by atoms with Gasteiger partial charge in [-0.15, -0.1) is 0 Å². The molecule has 0 aliphatic heterocycles. The van der Waals surface area contributed by atoms with E-state index in [2.05, 4.69) is 6.58 Å². The zero-order valence-electron chi connectivity index (χ0n) is 6.56. The normalized spacial score (nSPS) is 9.92. The molecule has 64 valence electrons. The van der Waals surface area contributed by atoms with E-state index in [4.69, 9.17) is 5.11 Å². The Morgan fingerprint density at radius 2 is 2.00 bits per heavy atom. The van der Waals surface area contributed by atoms with Crippen LogP contribution in [0.5, 0.6) is 5.75 Å². The Labute approximate surface area is 69.0 Å². The predicted molar refractivity (Wildman–Crippen MR) is 42.7 cm³/mol. The monoisotopic (exact) mass is 170 g/mol. The zero-order chi connectivity index (χ0) is 9.30. The minimum Gasteiger partial charge on any atom is -0.504 e. The van der Waals surface area contributed by atoms with E-state index < -0.39 is 17.4 Å². The second-order valence-electron chi connectivity index (χ2n) is 2.56. The van der Waals surface area contributed by atoms with Crippen molar-refractivity contribution in [1.82, 2.24) is 0 Å². The van der Waals surface area contributed by atoms with Gasteiger partial charge in [0.1, 0.15) is 5.82 Å². The van der Waals surface area contributed by atoms with Crippen molar-refractivity contribution in [2.24, 2.45) is 0 Å². The topological polar surface area (TPSA) is 20.2 Å². The molecule has 1 aromatic rings. The molecule has 0 aliphatic rings. The molecule has 1 nitrogen and oxygen atoms in total. The fourth-order valence-corrected chi connectivity index (χ4v) is 0.891. The molecule has 0 spiro atoms. The van der Waals surface area contributed by atoms with Gasteiger partial charge in [-0.25, -0.2) is 8.78 Å². The quantitative estimate of drug-likeness (QED) is 0.687. The third-order valence-electron chi connectivity index (χ3n) is 1.49. The first-order chi connectivity index (χ1) is 5.52. The third kappa shape index (κ3) is 1.44. The minimum atomic E-state index is -0.965. The number of halogens is 2. The van der Waals surface area contributed by atoms with E-state index >= 15 is 0 Å². The molecular weight excluding hydrogens is 162 g/mol. The molecule has 0 saturated heterocycles. The van der Waals surface area contributed by atoms with Crippen LogP contribution in [0, 0.1) is 11.6 Å². The van der Waals surface area contributed by atoms with Gasteiger partial charge in [-0.3, -0.25) is 0 Å². The number of aromatic hydroxyl groups is 1. The van der Waals surface area contributed by atoms with Crippen LogP contribution in [0.2, 0.25) is 0 Å². The molecule has 0 aliphatic carbocycles. The van der Waals surface area contributed by atoms with Crippen LogP contribution in [0.15, 0.2) is 18.7 Å². The van der Waals surface area contributed by atoms with Gasteiger partial charge >= 0.3 is 0 Å². The first-order valence-corrected chi connectivity index (χ1v) is 3.36. The van der Waals surface area contributed by atoms with Gasteiger partial charge in [-0.05, 0) is 18.6 Å². The van der Waals surface area contributed by atoms with E-state index in [1.165, 1.54) is 0 Å². The van der Waals surface area contributed by atoms with Gasteiger partial charge in [-0.1, -0.05) is 6.58 Å².